The van der Waals surface area contributed by atoms with Crippen molar-refractivity contribution in [2.45, 2.75) is 19.3 Å². The van der Waals surface area contributed by atoms with Gasteiger partial charge in [0.15, 0.2) is 0 Å². The van der Waals surface area contributed by atoms with Crippen LogP contribution in [0.4, 0.5) is 5.69 Å². The summed E-state index contributed by atoms with van der Waals surface area (Å²) in [5.41, 5.74) is 2.32. The summed E-state index contributed by atoms with van der Waals surface area (Å²) >= 11 is 1.59. The number of anilines is 1. The number of hydrogen-bond acceptors (Lipinski definition) is 4. The molecule has 1 aliphatic heterocycles. The lowest BCUT2D eigenvalue weighted by Crippen LogP contribution is -2.37. The molecule has 0 N–H and O–H groups in total. The quantitative estimate of drug-likeness (QED) is 0.818. The van der Waals surface area contributed by atoms with Gasteiger partial charge in [0.05, 0.1) is 19.1 Å². The Morgan fingerprint density at radius 1 is 1.27 bits per heavy atom. The molecule has 1 aromatic carbocycles. The third-order valence-electron chi connectivity index (χ3n) is 3.86. The molecule has 0 spiro atoms. The van der Waals surface area contributed by atoms with E-state index in [4.69, 9.17) is 4.74 Å². The third-order valence-corrected chi connectivity index (χ3v) is 4.74. The van der Waals surface area contributed by atoms with E-state index in [0.717, 1.165) is 29.0 Å². The smallest absolute Gasteiger partial charge is 0.338 e. The van der Waals surface area contributed by atoms with Gasteiger partial charge in [-0.2, -0.15) is 0 Å². The van der Waals surface area contributed by atoms with Gasteiger partial charge in [-0.1, -0.05) is 12.1 Å². The Balaban J connectivity index is 1.91. The average Bonchev–Trinajstić information content (AvgIpc) is 3.05. The predicted octanol–water partition coefficient (Wildman–Crippen LogP) is 3.06. The van der Waals surface area contributed by atoms with Gasteiger partial charge in [0.2, 0.25) is 5.91 Å². The third kappa shape index (κ3) is 2.76. The van der Waals surface area contributed by atoms with E-state index in [1.54, 1.807) is 22.3 Å². The van der Waals surface area contributed by atoms with E-state index in [-0.39, 0.29) is 11.9 Å². The summed E-state index contributed by atoms with van der Waals surface area (Å²) in [4.78, 5) is 27.3. The lowest BCUT2D eigenvalue weighted by Gasteiger charge is -2.30. The number of methoxy groups -OCH3 is 1. The summed E-state index contributed by atoms with van der Waals surface area (Å²) < 4.78 is 4.84. The molecule has 2 aromatic rings. The van der Waals surface area contributed by atoms with E-state index in [9.17, 15) is 9.59 Å². The number of amides is 1. The van der Waals surface area contributed by atoms with Gasteiger partial charge in [0.25, 0.3) is 0 Å². The molecule has 0 saturated heterocycles. The van der Waals surface area contributed by atoms with E-state index in [1.165, 1.54) is 7.11 Å². The summed E-state index contributed by atoms with van der Waals surface area (Å²) in [6.07, 6.45) is 2.06. The molecule has 1 aromatic heterocycles. The minimum absolute atomic E-state index is 0.0745. The fourth-order valence-electron chi connectivity index (χ4n) is 2.84. The number of fused-ring (bicyclic) bond motifs is 1. The zero-order chi connectivity index (χ0) is 15.5. The lowest BCUT2D eigenvalue weighted by molar-refractivity contribution is -0.118. The molecule has 1 amide bonds. The monoisotopic (exact) mass is 315 g/mol. The number of benzene rings is 1. The number of carbonyl (C=O) groups excluding carboxylic acids is 2. The van der Waals surface area contributed by atoms with E-state index >= 15 is 0 Å². The number of hydrogen-bond donors (Lipinski definition) is 0. The van der Waals surface area contributed by atoms with Crippen molar-refractivity contribution < 1.29 is 14.3 Å². The van der Waals surface area contributed by atoms with E-state index in [0.29, 0.717) is 18.5 Å². The molecule has 3 rings (SSSR count). The van der Waals surface area contributed by atoms with E-state index < -0.39 is 0 Å². The van der Waals surface area contributed by atoms with Crippen LogP contribution < -0.4 is 4.90 Å². The number of ether oxygens (including phenoxy) is 1. The highest BCUT2D eigenvalue weighted by atomic mass is 32.1. The SMILES string of the molecule is COC(=O)c1cccc2c1CCCN2C(=O)Cc1cccs1. The van der Waals surface area contributed by atoms with Crippen molar-refractivity contribution in [1.29, 1.82) is 0 Å². The molecule has 114 valence electrons. The Hall–Kier alpha value is -2.14. The molecule has 1 aliphatic rings. The Bertz CT molecular complexity index is 694. The average molecular weight is 315 g/mol. The minimum Gasteiger partial charge on any atom is -0.465 e. The molecule has 0 saturated carbocycles. The Labute approximate surface area is 133 Å². The molecule has 0 bridgehead atoms. The number of esters is 1. The van der Waals surface area contributed by atoms with Crippen LogP contribution in [-0.2, 0) is 22.4 Å². The highest BCUT2D eigenvalue weighted by molar-refractivity contribution is 7.10. The van der Waals surface area contributed by atoms with Gasteiger partial charge in [-0.15, -0.1) is 11.3 Å². The standard InChI is InChI=1S/C17H17NO3S/c1-21-17(20)14-6-2-8-15-13(14)7-3-9-18(15)16(19)11-12-5-4-10-22-12/h2,4-6,8,10H,3,7,9,11H2,1H3. The first-order valence-electron chi connectivity index (χ1n) is 7.23. The summed E-state index contributed by atoms with van der Waals surface area (Å²) in [7, 11) is 1.38. The van der Waals surface area contributed by atoms with Crippen LogP contribution in [0.3, 0.4) is 0 Å². The van der Waals surface area contributed by atoms with Crippen LogP contribution in [0.15, 0.2) is 35.7 Å². The van der Waals surface area contributed by atoms with Crippen molar-refractivity contribution >= 4 is 28.9 Å². The summed E-state index contributed by atoms with van der Waals surface area (Å²) in [5, 5.41) is 1.97. The second-order valence-corrected chi connectivity index (χ2v) is 6.23. The van der Waals surface area contributed by atoms with Crippen LogP contribution in [0.5, 0.6) is 0 Å². The molecular formula is C17H17NO3S. The van der Waals surface area contributed by atoms with Crippen LogP contribution >= 0.6 is 11.3 Å². The molecule has 5 heteroatoms. The molecule has 0 aliphatic carbocycles. The van der Waals surface area contributed by atoms with Gasteiger partial charge in [-0.3, -0.25) is 4.79 Å². The number of nitrogens with zero attached hydrogens (tertiary/aromatic N) is 1. The first-order valence-corrected chi connectivity index (χ1v) is 8.11. The lowest BCUT2D eigenvalue weighted by atomic mass is 9.96. The van der Waals surface area contributed by atoms with Crippen LogP contribution in [0.1, 0.15) is 27.2 Å². The van der Waals surface area contributed by atoms with Crippen molar-refractivity contribution in [1.82, 2.24) is 0 Å². The molecular weight excluding hydrogens is 298 g/mol. The highest BCUT2D eigenvalue weighted by Gasteiger charge is 2.26. The van der Waals surface area contributed by atoms with Gasteiger partial charge in [0, 0.05) is 17.1 Å². The van der Waals surface area contributed by atoms with Crippen molar-refractivity contribution in [2.24, 2.45) is 0 Å². The van der Waals surface area contributed by atoms with Gasteiger partial charge < -0.3 is 9.64 Å². The second-order valence-electron chi connectivity index (χ2n) is 5.20. The van der Waals surface area contributed by atoms with E-state index in [1.807, 2.05) is 29.6 Å². The summed E-state index contributed by atoms with van der Waals surface area (Å²) in [6, 6.07) is 9.40. The highest BCUT2D eigenvalue weighted by Crippen LogP contribution is 2.31. The predicted molar refractivity (Wildman–Crippen MR) is 86.5 cm³/mol. The normalized spacial score (nSPS) is 13.6. The topological polar surface area (TPSA) is 46.6 Å². The maximum Gasteiger partial charge on any atom is 0.338 e. The first kappa shape index (κ1) is 14.8. The number of carbonyl (C=O) groups is 2. The van der Waals surface area contributed by atoms with Crippen molar-refractivity contribution in [3.05, 3.63) is 51.7 Å². The Morgan fingerprint density at radius 3 is 2.86 bits per heavy atom. The first-order chi connectivity index (χ1) is 10.7. The van der Waals surface area contributed by atoms with Crippen LogP contribution in [0, 0.1) is 0 Å². The van der Waals surface area contributed by atoms with Crippen molar-refractivity contribution in [3.63, 3.8) is 0 Å². The summed E-state index contributed by atoms with van der Waals surface area (Å²) in [6.45, 7) is 0.696. The summed E-state index contributed by atoms with van der Waals surface area (Å²) in [5.74, 6) is -0.269. The van der Waals surface area contributed by atoms with Gasteiger partial charge >= 0.3 is 5.97 Å². The van der Waals surface area contributed by atoms with E-state index in [2.05, 4.69) is 0 Å². The Kier molecular flexibility index (Phi) is 4.24. The molecule has 0 atom stereocenters. The van der Waals surface area contributed by atoms with Crippen LogP contribution in [0.25, 0.3) is 0 Å². The van der Waals surface area contributed by atoms with Gasteiger partial charge in [-0.05, 0) is 42.0 Å². The van der Waals surface area contributed by atoms with Crippen molar-refractivity contribution in [2.75, 3.05) is 18.6 Å². The molecule has 2 heterocycles. The zero-order valence-electron chi connectivity index (χ0n) is 12.4. The molecule has 0 fully saturated rings. The van der Waals surface area contributed by atoms with Crippen LogP contribution in [-0.4, -0.2) is 25.5 Å². The van der Waals surface area contributed by atoms with Crippen molar-refractivity contribution in [3.8, 4) is 0 Å². The maximum atomic E-state index is 12.6. The largest absolute Gasteiger partial charge is 0.465 e. The fourth-order valence-corrected chi connectivity index (χ4v) is 3.54. The number of rotatable bonds is 3. The molecule has 4 nitrogen and oxygen atoms in total. The second kappa shape index (κ2) is 6.32. The van der Waals surface area contributed by atoms with Crippen LogP contribution in [0.2, 0.25) is 0 Å². The van der Waals surface area contributed by atoms with Gasteiger partial charge in [0.1, 0.15) is 0 Å². The molecule has 0 unspecified atom stereocenters. The fraction of sp³-hybridized carbons (Fsp3) is 0.294. The molecule has 0 radical (unpaired) electrons. The molecule has 22 heavy (non-hydrogen) atoms. The minimum atomic E-state index is -0.343. The Morgan fingerprint density at radius 2 is 2.14 bits per heavy atom. The zero-order valence-corrected chi connectivity index (χ0v) is 13.2. The van der Waals surface area contributed by atoms with Gasteiger partial charge in [-0.25, -0.2) is 4.79 Å². The number of thiophene rings is 1. The maximum absolute atomic E-state index is 12.6.